The highest BCUT2D eigenvalue weighted by atomic mass is 16.6. The van der Waals surface area contributed by atoms with Crippen LogP contribution in [0.3, 0.4) is 0 Å². The van der Waals surface area contributed by atoms with Crippen LogP contribution in [-0.4, -0.2) is 39.4 Å². The highest BCUT2D eigenvalue weighted by Crippen LogP contribution is 2.20. The van der Waals surface area contributed by atoms with Crippen LogP contribution in [0.5, 0.6) is 0 Å². The number of rotatable bonds is 4. The third-order valence-corrected chi connectivity index (χ3v) is 3.33. The Morgan fingerprint density at radius 3 is 2.85 bits per heavy atom. The van der Waals surface area contributed by atoms with E-state index >= 15 is 0 Å². The summed E-state index contributed by atoms with van der Waals surface area (Å²) in [5.74, 6) is -1.31. The molecule has 1 aromatic carbocycles. The van der Waals surface area contributed by atoms with Crippen molar-refractivity contribution in [1.29, 1.82) is 0 Å². The molecule has 1 fully saturated rings. The standard InChI is InChI=1S/C13H14N2O5/c16-12(14-6-2-5-11(14)13(17)18)8-9-3-1-4-10(7-9)15(19)20/h1,3-4,7,11H,2,5-6,8H2,(H,17,18). The van der Waals surface area contributed by atoms with Gasteiger partial charge in [-0.25, -0.2) is 4.79 Å². The lowest BCUT2D eigenvalue weighted by atomic mass is 10.1. The summed E-state index contributed by atoms with van der Waals surface area (Å²) in [6, 6.07) is 5.05. The van der Waals surface area contributed by atoms with Gasteiger partial charge < -0.3 is 10.0 Å². The van der Waals surface area contributed by atoms with E-state index in [1.807, 2.05) is 0 Å². The second-order valence-electron chi connectivity index (χ2n) is 4.69. The number of carbonyl (C=O) groups is 2. The zero-order valence-corrected chi connectivity index (χ0v) is 10.7. The molecule has 0 aliphatic carbocycles. The normalized spacial score (nSPS) is 18.0. The number of carbonyl (C=O) groups excluding carboxylic acids is 1. The number of nitro benzene ring substituents is 1. The van der Waals surface area contributed by atoms with Crippen molar-refractivity contribution in [2.75, 3.05) is 6.54 Å². The maximum absolute atomic E-state index is 12.1. The minimum absolute atomic E-state index is 0.0224. The molecule has 0 aromatic heterocycles. The van der Waals surface area contributed by atoms with Crippen molar-refractivity contribution in [3.8, 4) is 0 Å². The van der Waals surface area contributed by atoms with Gasteiger partial charge in [0.05, 0.1) is 11.3 Å². The molecule has 1 saturated heterocycles. The molecule has 7 nitrogen and oxygen atoms in total. The number of benzene rings is 1. The smallest absolute Gasteiger partial charge is 0.326 e. The molecule has 20 heavy (non-hydrogen) atoms. The third-order valence-electron chi connectivity index (χ3n) is 3.33. The van der Waals surface area contributed by atoms with Crippen LogP contribution in [0.1, 0.15) is 18.4 Å². The molecular weight excluding hydrogens is 264 g/mol. The van der Waals surface area contributed by atoms with Crippen molar-refractivity contribution >= 4 is 17.6 Å². The topological polar surface area (TPSA) is 101 Å². The summed E-state index contributed by atoms with van der Waals surface area (Å²) < 4.78 is 0. The van der Waals surface area contributed by atoms with E-state index in [0.717, 1.165) is 0 Å². The minimum Gasteiger partial charge on any atom is -0.480 e. The first-order valence-electron chi connectivity index (χ1n) is 6.24. The summed E-state index contributed by atoms with van der Waals surface area (Å²) in [6.07, 6.45) is 1.10. The predicted molar refractivity (Wildman–Crippen MR) is 69.2 cm³/mol. The number of non-ortho nitro benzene ring substituents is 1. The van der Waals surface area contributed by atoms with Crippen LogP contribution in [0, 0.1) is 10.1 Å². The second-order valence-corrected chi connectivity index (χ2v) is 4.69. The molecule has 1 aliphatic rings. The van der Waals surface area contributed by atoms with Gasteiger partial charge in [0.25, 0.3) is 5.69 Å². The lowest BCUT2D eigenvalue weighted by molar-refractivity contribution is -0.384. The molecule has 2 rings (SSSR count). The molecule has 0 bridgehead atoms. The summed E-state index contributed by atoms with van der Waals surface area (Å²) in [5, 5.41) is 19.7. The summed E-state index contributed by atoms with van der Waals surface area (Å²) >= 11 is 0. The van der Waals surface area contributed by atoms with E-state index in [1.54, 1.807) is 6.07 Å². The van der Waals surface area contributed by atoms with E-state index in [0.29, 0.717) is 24.9 Å². The average molecular weight is 278 g/mol. The van der Waals surface area contributed by atoms with Crippen LogP contribution >= 0.6 is 0 Å². The van der Waals surface area contributed by atoms with Crippen molar-refractivity contribution in [1.82, 2.24) is 4.90 Å². The molecule has 0 radical (unpaired) electrons. The van der Waals surface area contributed by atoms with Crippen LogP contribution < -0.4 is 0 Å². The Labute approximate surface area is 115 Å². The number of nitrogens with zero attached hydrogens (tertiary/aromatic N) is 2. The van der Waals surface area contributed by atoms with Gasteiger partial charge in [0.1, 0.15) is 6.04 Å². The van der Waals surface area contributed by atoms with Crippen LogP contribution in [0.15, 0.2) is 24.3 Å². The van der Waals surface area contributed by atoms with Crippen LogP contribution in [0.25, 0.3) is 0 Å². The van der Waals surface area contributed by atoms with Gasteiger partial charge in [-0.2, -0.15) is 0 Å². The monoisotopic (exact) mass is 278 g/mol. The van der Waals surface area contributed by atoms with Gasteiger partial charge in [0.15, 0.2) is 0 Å². The number of likely N-dealkylation sites (tertiary alicyclic amines) is 1. The van der Waals surface area contributed by atoms with E-state index in [2.05, 4.69) is 0 Å². The molecule has 1 N–H and O–H groups in total. The Kier molecular flexibility index (Phi) is 3.97. The van der Waals surface area contributed by atoms with Gasteiger partial charge in [0, 0.05) is 18.7 Å². The Bertz CT molecular complexity index is 557. The minimum atomic E-state index is -1.00. The molecule has 1 amide bonds. The van der Waals surface area contributed by atoms with Gasteiger partial charge in [0.2, 0.25) is 5.91 Å². The van der Waals surface area contributed by atoms with Crippen molar-refractivity contribution in [2.45, 2.75) is 25.3 Å². The largest absolute Gasteiger partial charge is 0.480 e. The van der Waals surface area contributed by atoms with Gasteiger partial charge in [-0.05, 0) is 18.4 Å². The van der Waals surface area contributed by atoms with Crippen molar-refractivity contribution in [3.05, 3.63) is 39.9 Å². The lowest BCUT2D eigenvalue weighted by Gasteiger charge is -2.21. The van der Waals surface area contributed by atoms with E-state index < -0.39 is 16.9 Å². The summed E-state index contributed by atoms with van der Waals surface area (Å²) in [7, 11) is 0. The molecule has 1 aromatic rings. The lowest BCUT2D eigenvalue weighted by Crippen LogP contribution is -2.41. The molecule has 0 saturated carbocycles. The highest BCUT2D eigenvalue weighted by molar-refractivity contribution is 5.85. The Hall–Kier alpha value is -2.44. The molecule has 1 atom stereocenters. The highest BCUT2D eigenvalue weighted by Gasteiger charge is 2.33. The Morgan fingerprint density at radius 2 is 2.20 bits per heavy atom. The molecule has 106 valence electrons. The first-order valence-corrected chi connectivity index (χ1v) is 6.24. The number of aliphatic carboxylic acids is 1. The molecule has 7 heteroatoms. The summed E-state index contributed by atoms with van der Waals surface area (Å²) in [4.78, 5) is 34.6. The van der Waals surface area contributed by atoms with Gasteiger partial charge >= 0.3 is 5.97 Å². The van der Waals surface area contributed by atoms with E-state index in [1.165, 1.54) is 23.1 Å². The maximum Gasteiger partial charge on any atom is 0.326 e. The molecular formula is C13H14N2O5. The number of carboxylic acid groups (broad SMARTS) is 1. The van der Waals surface area contributed by atoms with Gasteiger partial charge in [-0.15, -0.1) is 0 Å². The fourth-order valence-electron chi connectivity index (χ4n) is 2.38. The zero-order valence-electron chi connectivity index (χ0n) is 10.7. The number of hydrogen-bond donors (Lipinski definition) is 1. The number of nitro groups is 1. The number of hydrogen-bond acceptors (Lipinski definition) is 4. The van der Waals surface area contributed by atoms with Crippen molar-refractivity contribution in [3.63, 3.8) is 0 Å². The summed E-state index contributed by atoms with van der Waals surface area (Å²) in [5.41, 5.74) is 0.437. The SMILES string of the molecule is O=C(O)C1CCCN1C(=O)Cc1cccc([N+](=O)[O-])c1. The zero-order chi connectivity index (χ0) is 14.7. The Balaban J connectivity index is 2.09. The van der Waals surface area contributed by atoms with E-state index in [4.69, 9.17) is 5.11 Å². The van der Waals surface area contributed by atoms with Crippen LogP contribution in [0.4, 0.5) is 5.69 Å². The van der Waals surface area contributed by atoms with E-state index in [-0.39, 0.29) is 18.0 Å². The summed E-state index contributed by atoms with van der Waals surface area (Å²) in [6.45, 7) is 0.421. The fourth-order valence-corrected chi connectivity index (χ4v) is 2.38. The Morgan fingerprint density at radius 1 is 1.45 bits per heavy atom. The predicted octanol–water partition coefficient (Wildman–Crippen LogP) is 1.21. The maximum atomic E-state index is 12.1. The van der Waals surface area contributed by atoms with Crippen molar-refractivity contribution in [2.24, 2.45) is 0 Å². The molecule has 1 aliphatic heterocycles. The van der Waals surface area contributed by atoms with Crippen LogP contribution in [0.2, 0.25) is 0 Å². The number of amides is 1. The second kappa shape index (κ2) is 5.68. The number of carboxylic acids is 1. The average Bonchev–Trinajstić information content (AvgIpc) is 2.88. The van der Waals surface area contributed by atoms with Gasteiger partial charge in [-0.3, -0.25) is 14.9 Å². The molecule has 0 spiro atoms. The third kappa shape index (κ3) is 2.93. The first kappa shape index (κ1) is 14.0. The fraction of sp³-hybridized carbons (Fsp3) is 0.385. The van der Waals surface area contributed by atoms with Gasteiger partial charge in [-0.1, -0.05) is 12.1 Å². The van der Waals surface area contributed by atoms with E-state index in [9.17, 15) is 19.7 Å². The molecule has 1 unspecified atom stereocenters. The first-order chi connectivity index (χ1) is 9.49. The van der Waals surface area contributed by atoms with Crippen molar-refractivity contribution < 1.29 is 19.6 Å². The molecule has 1 heterocycles. The quantitative estimate of drug-likeness (QED) is 0.659. The van der Waals surface area contributed by atoms with Crippen LogP contribution in [-0.2, 0) is 16.0 Å².